The molecule has 0 unspecified atom stereocenters. The Morgan fingerprint density at radius 2 is 1.83 bits per heavy atom. The van der Waals surface area contributed by atoms with Crippen molar-refractivity contribution < 1.29 is 5.11 Å². The minimum absolute atomic E-state index is 0.123. The third-order valence-electron chi connectivity index (χ3n) is 4.38. The van der Waals surface area contributed by atoms with Gasteiger partial charge in [-0.1, -0.05) is 18.2 Å². The Bertz CT molecular complexity index is 811. The highest BCUT2D eigenvalue weighted by atomic mass is 16.3. The van der Waals surface area contributed by atoms with Crippen LogP contribution in [-0.2, 0) is 6.54 Å². The highest BCUT2D eigenvalue weighted by Crippen LogP contribution is 2.41. The van der Waals surface area contributed by atoms with Gasteiger partial charge in [-0.2, -0.15) is 5.26 Å². The van der Waals surface area contributed by atoms with E-state index in [-0.39, 0.29) is 11.3 Å². The van der Waals surface area contributed by atoms with Crippen LogP contribution in [0.25, 0.3) is 5.57 Å². The van der Waals surface area contributed by atoms with Gasteiger partial charge in [-0.05, 0) is 62.2 Å². The topological polar surface area (TPSA) is 47.3 Å². The van der Waals surface area contributed by atoms with Crippen molar-refractivity contribution in [3.8, 4) is 11.8 Å². The molecule has 0 amide bonds. The molecule has 2 aromatic rings. The molecule has 0 saturated heterocycles. The van der Waals surface area contributed by atoms with Crippen LogP contribution >= 0.6 is 0 Å². The summed E-state index contributed by atoms with van der Waals surface area (Å²) in [6.07, 6.45) is 2.23. The van der Waals surface area contributed by atoms with Crippen LogP contribution in [0.1, 0.15) is 37.5 Å². The molecule has 0 aromatic heterocycles. The Morgan fingerprint density at radius 3 is 2.48 bits per heavy atom. The Balaban J connectivity index is 2.02. The number of rotatable bonds is 2. The smallest absolute Gasteiger partial charge is 0.116 e. The molecule has 1 aliphatic heterocycles. The number of anilines is 1. The van der Waals surface area contributed by atoms with Crippen molar-refractivity contribution in [2.24, 2.45) is 0 Å². The van der Waals surface area contributed by atoms with Gasteiger partial charge in [0.05, 0.1) is 17.2 Å². The average molecular weight is 304 g/mol. The zero-order valence-electron chi connectivity index (χ0n) is 13.7. The Hall–Kier alpha value is -2.73. The number of aromatic hydroxyl groups is 1. The van der Waals surface area contributed by atoms with Gasteiger partial charge in [0, 0.05) is 17.8 Å². The SMILES string of the molecule is CC1=CC(C)(C)N(Cc2ccc(C#N)cc2)c2ccc(O)cc21. The summed E-state index contributed by atoms with van der Waals surface area (Å²) in [6, 6.07) is 15.4. The van der Waals surface area contributed by atoms with Crippen LogP contribution in [0.15, 0.2) is 48.5 Å². The van der Waals surface area contributed by atoms with Gasteiger partial charge in [0.25, 0.3) is 0 Å². The van der Waals surface area contributed by atoms with Crippen molar-refractivity contribution in [3.05, 3.63) is 65.2 Å². The largest absolute Gasteiger partial charge is 0.508 e. The van der Waals surface area contributed by atoms with Crippen LogP contribution in [0.3, 0.4) is 0 Å². The standard InChI is InChI=1S/C20H20N2O/c1-14-11-20(2,3)22(19-9-8-17(23)10-18(14)19)13-16-6-4-15(12-21)5-7-16/h4-11,23H,13H2,1-3H3. The molecule has 116 valence electrons. The van der Waals surface area contributed by atoms with E-state index in [1.54, 1.807) is 6.07 Å². The summed E-state index contributed by atoms with van der Waals surface area (Å²) in [5.41, 5.74) is 5.07. The second-order valence-electron chi connectivity index (χ2n) is 6.58. The summed E-state index contributed by atoms with van der Waals surface area (Å²) >= 11 is 0. The van der Waals surface area contributed by atoms with E-state index in [9.17, 15) is 5.11 Å². The van der Waals surface area contributed by atoms with Gasteiger partial charge in [-0.3, -0.25) is 0 Å². The lowest BCUT2D eigenvalue weighted by atomic mass is 9.88. The Morgan fingerprint density at radius 1 is 1.13 bits per heavy atom. The quantitative estimate of drug-likeness (QED) is 0.890. The molecule has 1 heterocycles. The van der Waals surface area contributed by atoms with Crippen LogP contribution in [0.2, 0.25) is 0 Å². The van der Waals surface area contributed by atoms with E-state index < -0.39 is 0 Å². The van der Waals surface area contributed by atoms with Gasteiger partial charge in [0.15, 0.2) is 0 Å². The number of phenols is 1. The van der Waals surface area contributed by atoms with Gasteiger partial charge >= 0.3 is 0 Å². The van der Waals surface area contributed by atoms with E-state index in [0.717, 1.165) is 23.4 Å². The summed E-state index contributed by atoms with van der Waals surface area (Å²) in [7, 11) is 0. The first-order valence-electron chi connectivity index (χ1n) is 7.70. The lowest BCUT2D eigenvalue weighted by molar-refractivity contribution is 0.474. The number of hydrogen-bond donors (Lipinski definition) is 1. The van der Waals surface area contributed by atoms with Gasteiger partial charge in [-0.15, -0.1) is 0 Å². The van der Waals surface area contributed by atoms with Crippen LogP contribution in [0.5, 0.6) is 5.75 Å². The average Bonchev–Trinajstić information content (AvgIpc) is 2.52. The van der Waals surface area contributed by atoms with E-state index in [0.29, 0.717) is 5.56 Å². The number of nitriles is 1. The molecule has 3 nitrogen and oxygen atoms in total. The molecule has 0 atom stereocenters. The predicted octanol–water partition coefficient (Wildman–Crippen LogP) is 4.47. The fourth-order valence-corrected chi connectivity index (χ4v) is 3.23. The first kappa shape index (κ1) is 15.2. The lowest BCUT2D eigenvalue weighted by Crippen LogP contribution is -2.44. The van der Waals surface area contributed by atoms with Crippen molar-refractivity contribution in [3.63, 3.8) is 0 Å². The van der Waals surface area contributed by atoms with Crippen LogP contribution in [0.4, 0.5) is 5.69 Å². The van der Waals surface area contributed by atoms with Crippen molar-refractivity contribution in [1.29, 1.82) is 5.26 Å². The summed E-state index contributed by atoms with van der Waals surface area (Å²) in [6.45, 7) is 7.21. The van der Waals surface area contributed by atoms with Crippen LogP contribution in [-0.4, -0.2) is 10.6 Å². The molecular formula is C20H20N2O. The molecule has 0 aliphatic carbocycles. The fourth-order valence-electron chi connectivity index (χ4n) is 3.23. The summed E-state index contributed by atoms with van der Waals surface area (Å²) in [5, 5.41) is 18.7. The Kier molecular flexibility index (Phi) is 3.61. The second kappa shape index (κ2) is 5.48. The number of benzene rings is 2. The van der Waals surface area contributed by atoms with E-state index in [2.05, 4.69) is 37.8 Å². The highest BCUT2D eigenvalue weighted by molar-refractivity contribution is 5.82. The first-order valence-corrected chi connectivity index (χ1v) is 7.70. The third-order valence-corrected chi connectivity index (χ3v) is 4.38. The van der Waals surface area contributed by atoms with Crippen molar-refractivity contribution in [2.75, 3.05) is 4.90 Å². The first-order chi connectivity index (χ1) is 10.9. The molecule has 3 rings (SSSR count). The molecule has 0 saturated carbocycles. The maximum absolute atomic E-state index is 9.79. The van der Waals surface area contributed by atoms with E-state index in [1.807, 2.05) is 36.4 Å². The van der Waals surface area contributed by atoms with Crippen molar-refractivity contribution in [2.45, 2.75) is 32.9 Å². The molecule has 0 spiro atoms. The Labute approximate surface area is 137 Å². The second-order valence-corrected chi connectivity index (χ2v) is 6.58. The molecule has 0 bridgehead atoms. The number of fused-ring (bicyclic) bond motifs is 1. The monoisotopic (exact) mass is 304 g/mol. The minimum atomic E-state index is -0.123. The zero-order valence-corrected chi connectivity index (χ0v) is 13.7. The summed E-state index contributed by atoms with van der Waals surface area (Å²) in [4.78, 5) is 2.33. The molecule has 1 aliphatic rings. The number of nitrogens with zero attached hydrogens (tertiary/aromatic N) is 2. The van der Waals surface area contributed by atoms with Gasteiger partial charge in [-0.25, -0.2) is 0 Å². The van der Waals surface area contributed by atoms with Gasteiger partial charge < -0.3 is 10.0 Å². The molecule has 0 radical (unpaired) electrons. The van der Waals surface area contributed by atoms with Crippen LogP contribution in [0, 0.1) is 11.3 Å². The van der Waals surface area contributed by atoms with Gasteiger partial charge in [0.2, 0.25) is 0 Å². The van der Waals surface area contributed by atoms with Crippen molar-refractivity contribution >= 4 is 11.3 Å². The maximum atomic E-state index is 9.79. The molecule has 2 aromatic carbocycles. The maximum Gasteiger partial charge on any atom is 0.116 e. The molecule has 1 N–H and O–H groups in total. The lowest BCUT2D eigenvalue weighted by Gasteiger charge is -2.43. The molecule has 3 heteroatoms. The highest BCUT2D eigenvalue weighted by Gasteiger charge is 2.31. The number of hydrogen-bond acceptors (Lipinski definition) is 3. The van der Waals surface area contributed by atoms with E-state index >= 15 is 0 Å². The zero-order chi connectivity index (χ0) is 16.6. The fraction of sp³-hybridized carbons (Fsp3) is 0.250. The number of phenolic OH excluding ortho intramolecular Hbond substituents is 1. The minimum Gasteiger partial charge on any atom is -0.508 e. The third kappa shape index (κ3) is 2.80. The predicted molar refractivity (Wildman–Crippen MR) is 93.2 cm³/mol. The number of allylic oxidation sites excluding steroid dienone is 1. The molecular weight excluding hydrogens is 284 g/mol. The van der Waals surface area contributed by atoms with E-state index in [1.165, 1.54) is 5.57 Å². The summed E-state index contributed by atoms with van der Waals surface area (Å²) < 4.78 is 0. The van der Waals surface area contributed by atoms with Crippen LogP contribution < -0.4 is 4.90 Å². The van der Waals surface area contributed by atoms with Crippen molar-refractivity contribution in [1.82, 2.24) is 0 Å². The molecule has 0 fully saturated rings. The van der Waals surface area contributed by atoms with E-state index in [4.69, 9.17) is 5.26 Å². The van der Waals surface area contributed by atoms with Gasteiger partial charge in [0.1, 0.15) is 5.75 Å². The molecule has 23 heavy (non-hydrogen) atoms. The summed E-state index contributed by atoms with van der Waals surface area (Å²) in [5.74, 6) is 0.287. The normalized spacial score (nSPS) is 15.6.